The van der Waals surface area contributed by atoms with Crippen LogP contribution in [0.4, 0.5) is 5.69 Å². The number of hydrogen-bond acceptors (Lipinski definition) is 3. The fraction of sp³-hybridized carbons (Fsp3) is 0.211. The number of hydrogen-bond donors (Lipinski definition) is 2. The minimum absolute atomic E-state index is 0.106. The number of aromatic amines is 1. The van der Waals surface area contributed by atoms with Crippen molar-refractivity contribution in [1.82, 2.24) is 10.2 Å². The summed E-state index contributed by atoms with van der Waals surface area (Å²) in [4.78, 5) is 24.3. The lowest BCUT2D eigenvalue weighted by molar-refractivity contribution is -0.115. The Labute approximate surface area is 139 Å². The van der Waals surface area contributed by atoms with Gasteiger partial charge in [0, 0.05) is 11.1 Å². The van der Waals surface area contributed by atoms with Crippen molar-refractivity contribution in [3.05, 3.63) is 69.6 Å². The van der Waals surface area contributed by atoms with E-state index in [0.29, 0.717) is 16.5 Å². The van der Waals surface area contributed by atoms with Crippen LogP contribution in [0, 0.1) is 6.92 Å². The van der Waals surface area contributed by atoms with Gasteiger partial charge in [-0.05, 0) is 30.5 Å². The van der Waals surface area contributed by atoms with Gasteiger partial charge >= 0.3 is 0 Å². The van der Waals surface area contributed by atoms with Gasteiger partial charge in [-0.2, -0.15) is 5.10 Å². The molecule has 0 spiro atoms. The number of H-pyrrole nitrogens is 1. The number of para-hydroxylation sites is 1. The molecular formula is C19H19N3O2. The Morgan fingerprint density at radius 2 is 1.88 bits per heavy atom. The first kappa shape index (κ1) is 15.9. The van der Waals surface area contributed by atoms with Crippen molar-refractivity contribution in [3.63, 3.8) is 0 Å². The normalized spacial score (nSPS) is 10.8. The zero-order chi connectivity index (χ0) is 17.1. The van der Waals surface area contributed by atoms with Gasteiger partial charge in [0.05, 0.1) is 17.5 Å². The van der Waals surface area contributed by atoms with E-state index in [-0.39, 0.29) is 17.9 Å². The average molecular weight is 321 g/mol. The molecule has 0 bridgehead atoms. The molecule has 3 aromatic rings. The highest BCUT2D eigenvalue weighted by atomic mass is 16.1. The van der Waals surface area contributed by atoms with Gasteiger partial charge in [-0.25, -0.2) is 5.10 Å². The molecule has 0 aliphatic rings. The van der Waals surface area contributed by atoms with Crippen molar-refractivity contribution in [2.24, 2.45) is 0 Å². The summed E-state index contributed by atoms with van der Waals surface area (Å²) in [6, 6.07) is 13.1. The molecule has 122 valence electrons. The minimum Gasteiger partial charge on any atom is -0.325 e. The van der Waals surface area contributed by atoms with E-state index < -0.39 is 0 Å². The molecule has 0 saturated carbocycles. The van der Waals surface area contributed by atoms with E-state index in [4.69, 9.17) is 0 Å². The minimum atomic E-state index is -0.248. The topological polar surface area (TPSA) is 74.8 Å². The molecule has 3 rings (SSSR count). The fourth-order valence-electron chi connectivity index (χ4n) is 2.84. The number of rotatable bonds is 4. The van der Waals surface area contributed by atoms with Crippen molar-refractivity contribution in [2.45, 2.75) is 26.7 Å². The predicted molar refractivity (Wildman–Crippen MR) is 95.3 cm³/mol. The monoisotopic (exact) mass is 321 g/mol. The fourth-order valence-corrected chi connectivity index (χ4v) is 2.84. The molecule has 24 heavy (non-hydrogen) atoms. The van der Waals surface area contributed by atoms with Gasteiger partial charge in [0.25, 0.3) is 5.56 Å². The van der Waals surface area contributed by atoms with Gasteiger partial charge in [-0.3, -0.25) is 9.59 Å². The van der Waals surface area contributed by atoms with E-state index in [1.165, 1.54) is 0 Å². The highest BCUT2D eigenvalue weighted by Gasteiger charge is 2.13. The van der Waals surface area contributed by atoms with Crippen LogP contribution in [0.25, 0.3) is 10.8 Å². The zero-order valence-corrected chi connectivity index (χ0v) is 13.7. The lowest BCUT2D eigenvalue weighted by Crippen LogP contribution is -2.19. The maximum atomic E-state index is 12.5. The van der Waals surface area contributed by atoms with Gasteiger partial charge in [-0.15, -0.1) is 0 Å². The smallest absolute Gasteiger partial charge is 0.272 e. The molecule has 0 atom stereocenters. The highest BCUT2D eigenvalue weighted by molar-refractivity contribution is 5.96. The lowest BCUT2D eigenvalue weighted by atomic mass is 10.1. The lowest BCUT2D eigenvalue weighted by Gasteiger charge is -2.13. The summed E-state index contributed by atoms with van der Waals surface area (Å²) in [6.07, 6.45) is 0.950. The number of fused-ring (bicyclic) bond motifs is 1. The van der Waals surface area contributed by atoms with Crippen LogP contribution < -0.4 is 10.9 Å². The molecule has 0 radical (unpaired) electrons. The molecule has 1 amide bonds. The van der Waals surface area contributed by atoms with E-state index in [0.717, 1.165) is 23.2 Å². The van der Waals surface area contributed by atoms with Crippen molar-refractivity contribution in [1.29, 1.82) is 0 Å². The molecule has 2 aromatic carbocycles. The predicted octanol–water partition coefficient (Wildman–Crippen LogP) is 2.98. The second-order valence-electron chi connectivity index (χ2n) is 5.73. The first-order valence-corrected chi connectivity index (χ1v) is 7.94. The molecular weight excluding hydrogens is 302 g/mol. The number of aromatic nitrogens is 2. The van der Waals surface area contributed by atoms with Crippen molar-refractivity contribution >= 4 is 22.4 Å². The molecule has 0 saturated heterocycles. The average Bonchev–Trinajstić information content (AvgIpc) is 2.59. The van der Waals surface area contributed by atoms with Crippen LogP contribution in [-0.4, -0.2) is 16.1 Å². The van der Waals surface area contributed by atoms with Gasteiger partial charge in [0.2, 0.25) is 5.91 Å². The Morgan fingerprint density at radius 3 is 2.62 bits per heavy atom. The number of anilines is 1. The summed E-state index contributed by atoms with van der Waals surface area (Å²) in [5.41, 5.74) is 3.31. The maximum Gasteiger partial charge on any atom is 0.272 e. The highest BCUT2D eigenvalue weighted by Crippen LogP contribution is 2.21. The second-order valence-corrected chi connectivity index (χ2v) is 5.73. The molecule has 0 unspecified atom stereocenters. The summed E-state index contributed by atoms with van der Waals surface area (Å²) in [7, 11) is 0. The van der Waals surface area contributed by atoms with Crippen LogP contribution in [0.1, 0.15) is 23.7 Å². The van der Waals surface area contributed by atoms with E-state index in [2.05, 4.69) is 22.4 Å². The Balaban J connectivity index is 1.89. The Hall–Kier alpha value is -2.95. The summed E-state index contributed by atoms with van der Waals surface area (Å²) in [6.45, 7) is 4.03. The summed E-state index contributed by atoms with van der Waals surface area (Å²) < 4.78 is 0. The maximum absolute atomic E-state index is 12.5. The number of nitrogens with one attached hydrogen (secondary N) is 2. The summed E-state index contributed by atoms with van der Waals surface area (Å²) in [5.74, 6) is -0.149. The second kappa shape index (κ2) is 6.66. The molecule has 2 N–H and O–H groups in total. The number of benzene rings is 2. The third kappa shape index (κ3) is 3.06. The SMILES string of the molecule is CCc1cccc(C)c1NC(=O)Cc1n[nH]c(=O)c2ccccc12. The zero-order valence-electron chi connectivity index (χ0n) is 13.7. The molecule has 1 heterocycles. The Kier molecular flexibility index (Phi) is 4.42. The van der Waals surface area contributed by atoms with Crippen LogP contribution in [0.2, 0.25) is 0 Å². The van der Waals surface area contributed by atoms with E-state index in [9.17, 15) is 9.59 Å². The molecule has 1 aromatic heterocycles. The van der Waals surface area contributed by atoms with Crippen molar-refractivity contribution < 1.29 is 4.79 Å². The largest absolute Gasteiger partial charge is 0.325 e. The van der Waals surface area contributed by atoms with Crippen LogP contribution in [0.5, 0.6) is 0 Å². The molecule has 0 fully saturated rings. The number of amides is 1. The van der Waals surface area contributed by atoms with E-state index in [1.54, 1.807) is 12.1 Å². The van der Waals surface area contributed by atoms with E-state index >= 15 is 0 Å². The van der Waals surface area contributed by atoms with Gasteiger partial charge in [0.1, 0.15) is 0 Å². The Bertz CT molecular complexity index is 960. The van der Waals surface area contributed by atoms with Gasteiger partial charge < -0.3 is 5.32 Å². The first-order valence-electron chi connectivity index (χ1n) is 7.94. The van der Waals surface area contributed by atoms with Gasteiger partial charge in [-0.1, -0.05) is 43.3 Å². The van der Waals surface area contributed by atoms with Crippen molar-refractivity contribution in [3.8, 4) is 0 Å². The number of nitrogens with zero attached hydrogens (tertiary/aromatic N) is 1. The first-order chi connectivity index (χ1) is 11.6. The Morgan fingerprint density at radius 1 is 1.12 bits per heavy atom. The van der Waals surface area contributed by atoms with E-state index in [1.807, 2.05) is 37.3 Å². The quantitative estimate of drug-likeness (QED) is 0.776. The van der Waals surface area contributed by atoms with Crippen LogP contribution >= 0.6 is 0 Å². The number of carbonyl (C=O) groups is 1. The summed E-state index contributed by atoms with van der Waals surface area (Å²) >= 11 is 0. The number of carbonyl (C=O) groups excluding carboxylic acids is 1. The van der Waals surface area contributed by atoms with Crippen LogP contribution in [-0.2, 0) is 17.6 Å². The number of aryl methyl sites for hydroxylation is 2. The van der Waals surface area contributed by atoms with Crippen LogP contribution in [0.15, 0.2) is 47.3 Å². The molecule has 0 aliphatic heterocycles. The van der Waals surface area contributed by atoms with Crippen molar-refractivity contribution in [2.75, 3.05) is 5.32 Å². The third-order valence-electron chi connectivity index (χ3n) is 4.11. The molecule has 0 aliphatic carbocycles. The molecule has 5 heteroatoms. The standard InChI is InChI=1S/C19H19N3O2/c1-3-13-8-6-7-12(2)18(13)20-17(23)11-16-14-9-4-5-10-15(14)19(24)22-21-16/h4-10H,3,11H2,1-2H3,(H,20,23)(H,22,24). The van der Waals surface area contributed by atoms with Crippen LogP contribution in [0.3, 0.4) is 0 Å². The van der Waals surface area contributed by atoms with Gasteiger partial charge in [0.15, 0.2) is 0 Å². The third-order valence-corrected chi connectivity index (χ3v) is 4.11. The summed E-state index contributed by atoms with van der Waals surface area (Å²) in [5, 5.41) is 10.7. The molecule has 5 nitrogen and oxygen atoms in total.